The average molecular weight is 350 g/mol. The second-order valence-corrected chi connectivity index (χ2v) is 5.81. The van der Waals surface area contributed by atoms with Gasteiger partial charge in [0.05, 0.1) is 5.71 Å². The minimum atomic E-state index is -0.737. The molecule has 2 heterocycles. The Morgan fingerprint density at radius 2 is 2.04 bits per heavy atom. The number of benzene rings is 2. The van der Waals surface area contributed by atoms with Crippen LogP contribution in [0.2, 0.25) is 0 Å². The second-order valence-electron chi connectivity index (χ2n) is 5.81. The van der Waals surface area contributed by atoms with E-state index >= 15 is 0 Å². The molecule has 0 bridgehead atoms. The van der Waals surface area contributed by atoms with E-state index in [2.05, 4.69) is 15.6 Å². The lowest BCUT2D eigenvalue weighted by Crippen LogP contribution is -2.28. The van der Waals surface area contributed by atoms with Crippen molar-refractivity contribution in [3.8, 4) is 5.69 Å². The van der Waals surface area contributed by atoms with Crippen molar-refractivity contribution in [1.29, 1.82) is 0 Å². The third-order valence-corrected chi connectivity index (χ3v) is 4.03. The largest absolute Gasteiger partial charge is 0.382 e. The standard InChI is InChI=1S/C19H15FN4O2/c20-15-11-14(7-8-17(15)24-10-4-9-21-24)22-19(25)18-12-16(23-26-18)13-5-2-1-3-6-13/h1-11,18H,12H2,(H,22,25)/t18-/m1/s1. The van der Waals surface area contributed by atoms with Crippen molar-refractivity contribution < 1.29 is 14.0 Å². The number of nitrogens with one attached hydrogen (secondary N) is 1. The van der Waals surface area contributed by atoms with Gasteiger partial charge in [-0.3, -0.25) is 4.79 Å². The molecular formula is C19H15FN4O2. The highest BCUT2D eigenvalue weighted by Gasteiger charge is 2.29. The van der Waals surface area contributed by atoms with Gasteiger partial charge in [0, 0.05) is 24.5 Å². The molecule has 3 aromatic rings. The number of rotatable bonds is 4. The van der Waals surface area contributed by atoms with Gasteiger partial charge < -0.3 is 10.2 Å². The molecule has 0 aliphatic carbocycles. The number of carbonyl (C=O) groups is 1. The molecule has 1 aromatic heterocycles. The molecule has 0 unspecified atom stereocenters. The van der Waals surface area contributed by atoms with Crippen LogP contribution in [0.1, 0.15) is 12.0 Å². The Labute approximate surface area is 148 Å². The zero-order chi connectivity index (χ0) is 17.9. The molecule has 1 N–H and O–H groups in total. The zero-order valence-corrected chi connectivity index (χ0v) is 13.7. The van der Waals surface area contributed by atoms with Gasteiger partial charge in [0.15, 0.2) is 5.82 Å². The number of amides is 1. The van der Waals surface area contributed by atoms with Crippen LogP contribution in [0.5, 0.6) is 0 Å². The molecule has 2 aromatic carbocycles. The van der Waals surface area contributed by atoms with E-state index in [0.29, 0.717) is 23.5 Å². The van der Waals surface area contributed by atoms with Gasteiger partial charge in [-0.1, -0.05) is 35.5 Å². The molecule has 1 amide bonds. The predicted octanol–water partition coefficient (Wildman–Crippen LogP) is 3.14. The molecule has 0 radical (unpaired) electrons. The van der Waals surface area contributed by atoms with Crippen LogP contribution in [0.4, 0.5) is 10.1 Å². The van der Waals surface area contributed by atoms with Crippen LogP contribution in [0.3, 0.4) is 0 Å². The van der Waals surface area contributed by atoms with Gasteiger partial charge in [-0.2, -0.15) is 5.10 Å². The van der Waals surface area contributed by atoms with Crippen molar-refractivity contribution in [3.63, 3.8) is 0 Å². The molecular weight excluding hydrogens is 335 g/mol. The lowest BCUT2D eigenvalue weighted by Gasteiger charge is -2.11. The zero-order valence-electron chi connectivity index (χ0n) is 13.7. The Morgan fingerprint density at radius 1 is 1.19 bits per heavy atom. The SMILES string of the molecule is O=C(Nc1ccc(-n2cccn2)c(F)c1)[C@H]1CC(c2ccccc2)=NO1. The summed E-state index contributed by atoms with van der Waals surface area (Å²) in [6, 6.07) is 15.7. The summed E-state index contributed by atoms with van der Waals surface area (Å²) in [6.07, 6.45) is 2.84. The average Bonchev–Trinajstić information content (AvgIpc) is 3.35. The highest BCUT2D eigenvalue weighted by Crippen LogP contribution is 2.21. The van der Waals surface area contributed by atoms with E-state index in [0.717, 1.165) is 5.56 Å². The first kappa shape index (κ1) is 16.0. The topological polar surface area (TPSA) is 68.5 Å². The van der Waals surface area contributed by atoms with Crippen LogP contribution >= 0.6 is 0 Å². The van der Waals surface area contributed by atoms with E-state index < -0.39 is 11.9 Å². The Bertz CT molecular complexity index is 955. The van der Waals surface area contributed by atoms with Gasteiger partial charge >= 0.3 is 0 Å². The van der Waals surface area contributed by atoms with E-state index in [1.165, 1.54) is 10.7 Å². The summed E-state index contributed by atoms with van der Waals surface area (Å²) in [7, 11) is 0. The van der Waals surface area contributed by atoms with E-state index in [1.54, 1.807) is 30.6 Å². The fourth-order valence-corrected chi connectivity index (χ4v) is 2.72. The molecule has 1 aliphatic heterocycles. The molecule has 0 saturated heterocycles. The van der Waals surface area contributed by atoms with Crippen molar-refractivity contribution in [2.45, 2.75) is 12.5 Å². The van der Waals surface area contributed by atoms with Gasteiger partial charge in [0.25, 0.3) is 5.91 Å². The number of hydrogen-bond acceptors (Lipinski definition) is 4. The first-order valence-electron chi connectivity index (χ1n) is 8.09. The number of halogens is 1. The molecule has 7 heteroatoms. The van der Waals surface area contributed by atoms with Crippen LogP contribution in [0.25, 0.3) is 5.69 Å². The number of hydrogen-bond donors (Lipinski definition) is 1. The molecule has 1 atom stereocenters. The fourth-order valence-electron chi connectivity index (χ4n) is 2.72. The summed E-state index contributed by atoms with van der Waals surface area (Å²) < 4.78 is 15.7. The minimum absolute atomic E-state index is 0.305. The highest BCUT2D eigenvalue weighted by molar-refractivity contribution is 6.06. The van der Waals surface area contributed by atoms with Crippen LogP contribution in [0, 0.1) is 5.82 Å². The number of aromatic nitrogens is 2. The Kier molecular flexibility index (Phi) is 4.18. The molecule has 4 rings (SSSR count). The number of carbonyl (C=O) groups excluding carboxylic acids is 1. The molecule has 1 aliphatic rings. The predicted molar refractivity (Wildman–Crippen MR) is 94.6 cm³/mol. The second kappa shape index (κ2) is 6.79. The maximum absolute atomic E-state index is 14.3. The van der Waals surface area contributed by atoms with Crippen molar-refractivity contribution in [2.24, 2.45) is 5.16 Å². The lowest BCUT2D eigenvalue weighted by molar-refractivity contribution is -0.125. The molecule has 0 spiro atoms. The quantitative estimate of drug-likeness (QED) is 0.786. The van der Waals surface area contributed by atoms with Gasteiger partial charge in [-0.05, 0) is 29.8 Å². The third kappa shape index (κ3) is 3.19. The summed E-state index contributed by atoms with van der Waals surface area (Å²) in [5, 5.41) is 10.6. The van der Waals surface area contributed by atoms with Crippen molar-refractivity contribution in [2.75, 3.05) is 5.32 Å². The summed E-state index contributed by atoms with van der Waals surface area (Å²) in [5.74, 6) is -0.856. The maximum Gasteiger partial charge on any atom is 0.268 e. The van der Waals surface area contributed by atoms with Gasteiger partial charge in [0.2, 0.25) is 6.10 Å². The van der Waals surface area contributed by atoms with Crippen LogP contribution in [-0.2, 0) is 9.63 Å². The Hall–Kier alpha value is -3.48. The molecule has 6 nitrogen and oxygen atoms in total. The smallest absolute Gasteiger partial charge is 0.268 e. The molecule has 0 saturated carbocycles. The van der Waals surface area contributed by atoms with Crippen LogP contribution in [-0.4, -0.2) is 27.5 Å². The Balaban J connectivity index is 1.42. The summed E-state index contributed by atoms with van der Waals surface area (Å²) >= 11 is 0. The van der Waals surface area contributed by atoms with Crippen LogP contribution < -0.4 is 5.32 Å². The number of anilines is 1. The summed E-state index contributed by atoms with van der Waals surface area (Å²) in [6.45, 7) is 0. The van der Waals surface area contributed by atoms with Crippen molar-refractivity contribution in [1.82, 2.24) is 9.78 Å². The Morgan fingerprint density at radius 3 is 2.77 bits per heavy atom. The van der Waals surface area contributed by atoms with E-state index in [9.17, 15) is 9.18 Å². The van der Waals surface area contributed by atoms with E-state index in [4.69, 9.17) is 4.84 Å². The number of oxime groups is 1. The maximum atomic E-state index is 14.3. The number of nitrogens with zero attached hydrogens (tertiary/aromatic N) is 3. The highest BCUT2D eigenvalue weighted by atomic mass is 19.1. The summed E-state index contributed by atoms with van der Waals surface area (Å²) in [5.41, 5.74) is 2.28. The first-order chi connectivity index (χ1) is 12.7. The van der Waals surface area contributed by atoms with E-state index in [1.807, 2.05) is 30.3 Å². The van der Waals surface area contributed by atoms with Crippen molar-refractivity contribution in [3.05, 3.63) is 78.4 Å². The lowest BCUT2D eigenvalue weighted by atomic mass is 10.0. The normalized spacial score (nSPS) is 16.0. The van der Waals surface area contributed by atoms with Crippen LogP contribution in [0.15, 0.2) is 72.1 Å². The third-order valence-electron chi connectivity index (χ3n) is 4.03. The first-order valence-corrected chi connectivity index (χ1v) is 8.09. The van der Waals surface area contributed by atoms with Gasteiger partial charge in [-0.15, -0.1) is 0 Å². The molecule has 0 fully saturated rings. The van der Waals surface area contributed by atoms with Gasteiger partial charge in [0.1, 0.15) is 5.69 Å². The fraction of sp³-hybridized carbons (Fsp3) is 0.105. The molecule has 26 heavy (non-hydrogen) atoms. The van der Waals surface area contributed by atoms with E-state index in [-0.39, 0.29) is 5.91 Å². The minimum Gasteiger partial charge on any atom is -0.382 e. The monoisotopic (exact) mass is 350 g/mol. The summed E-state index contributed by atoms with van der Waals surface area (Å²) in [4.78, 5) is 17.6. The molecule has 130 valence electrons. The van der Waals surface area contributed by atoms with Crippen molar-refractivity contribution >= 4 is 17.3 Å². The van der Waals surface area contributed by atoms with Gasteiger partial charge in [-0.25, -0.2) is 9.07 Å².